The van der Waals surface area contributed by atoms with E-state index in [4.69, 9.17) is 4.42 Å². The van der Waals surface area contributed by atoms with E-state index in [0.717, 1.165) is 10.1 Å². The van der Waals surface area contributed by atoms with E-state index in [2.05, 4.69) is 10.6 Å². The molecular weight excluding hydrogens is 300 g/mol. The molecule has 0 saturated carbocycles. The fourth-order valence-electron chi connectivity index (χ4n) is 2.10. The molecule has 0 saturated heterocycles. The minimum Gasteiger partial charge on any atom is -0.459 e. The molecule has 0 spiro atoms. The summed E-state index contributed by atoms with van der Waals surface area (Å²) in [4.78, 5) is 23.8. The van der Waals surface area contributed by atoms with Gasteiger partial charge in [0.15, 0.2) is 5.76 Å². The standard InChI is InChI=1S/C16H14N2O3S/c19-15(12-10-22-14-6-2-1-4-11(12)14)17-7-8-18-16(20)13-5-3-9-21-13/h1-6,9-10H,7-8H2,(H,17,19)(H,18,20). The maximum Gasteiger partial charge on any atom is 0.287 e. The number of thiophene rings is 1. The van der Waals surface area contributed by atoms with Crippen LogP contribution in [-0.4, -0.2) is 24.9 Å². The molecule has 0 aliphatic carbocycles. The first-order valence-electron chi connectivity index (χ1n) is 6.82. The number of rotatable bonds is 5. The van der Waals surface area contributed by atoms with E-state index in [1.165, 1.54) is 6.26 Å². The van der Waals surface area contributed by atoms with E-state index >= 15 is 0 Å². The molecule has 0 unspecified atom stereocenters. The van der Waals surface area contributed by atoms with Crippen molar-refractivity contribution in [1.29, 1.82) is 0 Å². The van der Waals surface area contributed by atoms with E-state index in [0.29, 0.717) is 18.7 Å². The molecule has 6 heteroatoms. The molecule has 112 valence electrons. The average Bonchev–Trinajstić information content (AvgIpc) is 3.20. The van der Waals surface area contributed by atoms with Crippen molar-refractivity contribution in [3.05, 3.63) is 59.4 Å². The molecule has 22 heavy (non-hydrogen) atoms. The number of amides is 2. The summed E-state index contributed by atoms with van der Waals surface area (Å²) in [5, 5.41) is 8.28. The van der Waals surface area contributed by atoms with Crippen molar-refractivity contribution in [2.24, 2.45) is 0 Å². The van der Waals surface area contributed by atoms with Crippen molar-refractivity contribution < 1.29 is 14.0 Å². The minimum absolute atomic E-state index is 0.135. The molecule has 2 heterocycles. The van der Waals surface area contributed by atoms with Gasteiger partial charge >= 0.3 is 0 Å². The van der Waals surface area contributed by atoms with Crippen LogP contribution in [0, 0.1) is 0 Å². The predicted molar refractivity (Wildman–Crippen MR) is 85.2 cm³/mol. The largest absolute Gasteiger partial charge is 0.459 e. The second kappa shape index (κ2) is 6.44. The second-order valence-electron chi connectivity index (χ2n) is 4.63. The Hall–Kier alpha value is -2.60. The molecule has 0 fully saturated rings. The van der Waals surface area contributed by atoms with Crippen LogP contribution >= 0.6 is 11.3 Å². The highest BCUT2D eigenvalue weighted by Gasteiger charge is 2.12. The molecule has 1 aromatic carbocycles. The van der Waals surface area contributed by atoms with Gasteiger partial charge in [0.1, 0.15) is 0 Å². The maximum atomic E-state index is 12.2. The zero-order valence-corrected chi connectivity index (χ0v) is 12.5. The van der Waals surface area contributed by atoms with Crippen molar-refractivity contribution >= 4 is 33.2 Å². The Morgan fingerprint density at radius 3 is 2.55 bits per heavy atom. The molecule has 2 amide bonds. The van der Waals surface area contributed by atoms with Crippen LogP contribution in [0.5, 0.6) is 0 Å². The lowest BCUT2D eigenvalue weighted by Gasteiger charge is -2.05. The monoisotopic (exact) mass is 314 g/mol. The van der Waals surface area contributed by atoms with Gasteiger partial charge in [0.2, 0.25) is 0 Å². The fraction of sp³-hybridized carbons (Fsp3) is 0.125. The van der Waals surface area contributed by atoms with Crippen LogP contribution in [0.1, 0.15) is 20.9 Å². The summed E-state index contributed by atoms with van der Waals surface area (Å²) in [5.41, 5.74) is 0.665. The van der Waals surface area contributed by atoms with Crippen LogP contribution in [0.3, 0.4) is 0 Å². The number of nitrogens with one attached hydrogen (secondary N) is 2. The fourth-order valence-corrected chi connectivity index (χ4v) is 3.04. The highest BCUT2D eigenvalue weighted by molar-refractivity contribution is 7.17. The third-order valence-corrected chi connectivity index (χ3v) is 4.13. The van der Waals surface area contributed by atoms with Crippen LogP contribution in [0.25, 0.3) is 10.1 Å². The first-order chi connectivity index (χ1) is 10.8. The summed E-state index contributed by atoms with van der Waals surface area (Å²) in [6, 6.07) is 11.0. The molecule has 3 rings (SSSR count). The Labute approximate surface area is 130 Å². The van der Waals surface area contributed by atoms with Gasteiger partial charge < -0.3 is 15.1 Å². The van der Waals surface area contributed by atoms with Crippen molar-refractivity contribution in [3.63, 3.8) is 0 Å². The van der Waals surface area contributed by atoms with E-state index in [1.54, 1.807) is 23.5 Å². The maximum absolute atomic E-state index is 12.2. The zero-order valence-electron chi connectivity index (χ0n) is 11.7. The Morgan fingerprint density at radius 1 is 1.00 bits per heavy atom. The number of benzene rings is 1. The lowest BCUT2D eigenvalue weighted by atomic mass is 10.1. The third kappa shape index (κ3) is 3.01. The SMILES string of the molecule is O=C(NCCNC(=O)c1csc2ccccc12)c1ccco1. The van der Waals surface area contributed by atoms with Crippen LogP contribution in [-0.2, 0) is 0 Å². The van der Waals surface area contributed by atoms with Gasteiger partial charge in [0.05, 0.1) is 11.8 Å². The number of carbonyl (C=O) groups excluding carboxylic acids is 2. The summed E-state index contributed by atoms with van der Waals surface area (Å²) in [7, 11) is 0. The number of carbonyl (C=O) groups is 2. The normalized spacial score (nSPS) is 10.5. The predicted octanol–water partition coefficient (Wildman–Crippen LogP) is 2.65. The summed E-state index contributed by atoms with van der Waals surface area (Å²) in [5.74, 6) is -0.167. The van der Waals surface area contributed by atoms with Gasteiger partial charge in [-0.1, -0.05) is 18.2 Å². The Bertz CT molecular complexity index is 793. The molecule has 0 aliphatic rings. The smallest absolute Gasteiger partial charge is 0.287 e. The highest BCUT2D eigenvalue weighted by atomic mass is 32.1. The molecule has 3 aromatic rings. The average molecular weight is 314 g/mol. The van der Waals surface area contributed by atoms with Gasteiger partial charge in [-0.3, -0.25) is 9.59 Å². The zero-order chi connectivity index (χ0) is 15.4. The van der Waals surface area contributed by atoms with E-state index in [1.807, 2.05) is 29.6 Å². The topological polar surface area (TPSA) is 71.3 Å². The van der Waals surface area contributed by atoms with Gasteiger partial charge in [0.25, 0.3) is 11.8 Å². The molecule has 0 radical (unpaired) electrons. The first kappa shape index (κ1) is 14.3. The Kier molecular flexibility index (Phi) is 4.20. The van der Waals surface area contributed by atoms with Crippen LogP contribution in [0.2, 0.25) is 0 Å². The van der Waals surface area contributed by atoms with E-state index < -0.39 is 0 Å². The minimum atomic E-state index is -0.291. The molecular formula is C16H14N2O3S. The van der Waals surface area contributed by atoms with Gasteiger partial charge in [-0.05, 0) is 18.2 Å². The van der Waals surface area contributed by atoms with Gasteiger partial charge in [-0.15, -0.1) is 11.3 Å². The molecule has 0 atom stereocenters. The lowest BCUT2D eigenvalue weighted by molar-refractivity contribution is 0.0911. The van der Waals surface area contributed by atoms with Crippen molar-refractivity contribution in [3.8, 4) is 0 Å². The van der Waals surface area contributed by atoms with Crippen LogP contribution in [0.4, 0.5) is 0 Å². The van der Waals surface area contributed by atoms with Gasteiger partial charge in [-0.25, -0.2) is 0 Å². The Morgan fingerprint density at radius 2 is 1.77 bits per heavy atom. The molecule has 2 N–H and O–H groups in total. The summed E-state index contributed by atoms with van der Waals surface area (Å²) in [6.07, 6.45) is 1.44. The third-order valence-electron chi connectivity index (χ3n) is 3.17. The first-order valence-corrected chi connectivity index (χ1v) is 7.70. The lowest BCUT2D eigenvalue weighted by Crippen LogP contribution is -2.34. The quantitative estimate of drug-likeness (QED) is 0.711. The molecule has 0 aliphatic heterocycles. The van der Waals surface area contributed by atoms with Gasteiger partial charge in [0, 0.05) is 28.6 Å². The van der Waals surface area contributed by atoms with Crippen LogP contribution in [0.15, 0.2) is 52.5 Å². The summed E-state index contributed by atoms with van der Waals surface area (Å²) < 4.78 is 6.06. The highest BCUT2D eigenvalue weighted by Crippen LogP contribution is 2.25. The number of furan rings is 1. The number of hydrogen-bond donors (Lipinski definition) is 2. The van der Waals surface area contributed by atoms with Crippen LogP contribution < -0.4 is 10.6 Å². The van der Waals surface area contributed by atoms with Crippen molar-refractivity contribution in [1.82, 2.24) is 10.6 Å². The molecule has 5 nitrogen and oxygen atoms in total. The van der Waals surface area contributed by atoms with Crippen molar-refractivity contribution in [2.45, 2.75) is 0 Å². The van der Waals surface area contributed by atoms with E-state index in [9.17, 15) is 9.59 Å². The number of hydrogen-bond acceptors (Lipinski definition) is 4. The summed E-state index contributed by atoms with van der Waals surface area (Å²) in [6.45, 7) is 0.697. The van der Waals surface area contributed by atoms with Crippen molar-refractivity contribution in [2.75, 3.05) is 13.1 Å². The Balaban J connectivity index is 1.51. The molecule has 0 bridgehead atoms. The van der Waals surface area contributed by atoms with E-state index in [-0.39, 0.29) is 17.6 Å². The number of fused-ring (bicyclic) bond motifs is 1. The van der Waals surface area contributed by atoms with Gasteiger partial charge in [-0.2, -0.15) is 0 Å². The second-order valence-corrected chi connectivity index (χ2v) is 5.55. The molecule has 2 aromatic heterocycles. The summed E-state index contributed by atoms with van der Waals surface area (Å²) >= 11 is 1.54.